The molecule has 1 N–H and O–H groups in total. The molecule has 1 atom stereocenters. The lowest BCUT2D eigenvalue weighted by Gasteiger charge is -2.21. The topological polar surface area (TPSA) is 116 Å². The van der Waals surface area contributed by atoms with Gasteiger partial charge in [-0.15, -0.1) is 0 Å². The number of benzene rings is 1. The van der Waals surface area contributed by atoms with Gasteiger partial charge in [0.05, 0.1) is 36.4 Å². The number of carbonyl (C=O) groups is 2. The van der Waals surface area contributed by atoms with Crippen molar-refractivity contribution in [3.05, 3.63) is 53.1 Å². The Labute approximate surface area is 171 Å². The maximum Gasteiger partial charge on any atom is 0.367 e. The number of nitrogens with zero attached hydrogens (tertiary/aromatic N) is 2. The minimum atomic E-state index is -3.34. The van der Waals surface area contributed by atoms with Crippen molar-refractivity contribution < 1.29 is 27.9 Å². The van der Waals surface area contributed by atoms with E-state index in [1.54, 1.807) is 28.8 Å². The van der Waals surface area contributed by atoms with Crippen LogP contribution >= 0.6 is 23.4 Å². The number of hydrogen-bond donors (Lipinski definition) is 1. The first kappa shape index (κ1) is 22.3. The highest BCUT2D eigenvalue weighted by molar-refractivity contribution is 8.13. The molecular formula is C17H19ClN2O6S2. The van der Waals surface area contributed by atoms with Crippen molar-refractivity contribution in [2.45, 2.75) is 19.1 Å². The molecular weight excluding hydrogens is 428 g/mol. The highest BCUT2D eigenvalue weighted by Gasteiger charge is 2.22. The maximum absolute atomic E-state index is 11.9. The van der Waals surface area contributed by atoms with Gasteiger partial charge < -0.3 is 14.4 Å². The minimum Gasteiger partial charge on any atom is -0.481 e. The van der Waals surface area contributed by atoms with E-state index in [2.05, 4.69) is 4.98 Å². The quantitative estimate of drug-likeness (QED) is 0.584. The molecule has 0 spiro atoms. The highest BCUT2D eigenvalue weighted by Crippen LogP contribution is 2.25. The summed E-state index contributed by atoms with van der Waals surface area (Å²) >= 11 is 6.81. The zero-order valence-corrected chi connectivity index (χ0v) is 17.3. The van der Waals surface area contributed by atoms with Crippen LogP contribution in [0.5, 0.6) is 0 Å². The Bertz CT molecular complexity index is 945. The molecule has 0 aliphatic heterocycles. The number of carbonyl (C=O) groups excluding carboxylic acids is 1. The molecule has 11 heteroatoms. The van der Waals surface area contributed by atoms with Gasteiger partial charge in [-0.3, -0.25) is 4.79 Å². The summed E-state index contributed by atoms with van der Waals surface area (Å²) in [6.45, 7) is -0.125. The number of aliphatic carboxylic acids is 1. The summed E-state index contributed by atoms with van der Waals surface area (Å²) in [6, 6.07) is 6.26. The van der Waals surface area contributed by atoms with Gasteiger partial charge in [0, 0.05) is 17.0 Å². The smallest absolute Gasteiger partial charge is 0.367 e. The third-order valence-corrected chi connectivity index (χ3v) is 5.57. The van der Waals surface area contributed by atoms with Crippen molar-refractivity contribution in [1.82, 2.24) is 9.55 Å². The van der Waals surface area contributed by atoms with Crippen LogP contribution in [0.25, 0.3) is 0 Å². The predicted molar refractivity (Wildman–Crippen MR) is 106 cm³/mol. The fourth-order valence-corrected chi connectivity index (χ4v) is 4.17. The number of imidazole rings is 1. The Morgan fingerprint density at radius 3 is 2.79 bits per heavy atom. The van der Waals surface area contributed by atoms with Gasteiger partial charge in [0.15, 0.2) is 0 Å². The number of aromatic nitrogens is 2. The molecule has 0 saturated carbocycles. The van der Waals surface area contributed by atoms with Crippen LogP contribution < -0.4 is 0 Å². The van der Waals surface area contributed by atoms with Crippen molar-refractivity contribution in [3.8, 4) is 0 Å². The fourth-order valence-electron chi connectivity index (χ4n) is 2.46. The molecule has 2 rings (SSSR count). The number of halogens is 1. The second-order valence-electron chi connectivity index (χ2n) is 5.99. The molecule has 1 unspecified atom stereocenters. The largest absolute Gasteiger partial charge is 0.481 e. The Morgan fingerprint density at radius 2 is 2.14 bits per heavy atom. The molecule has 2 aromatic rings. The van der Waals surface area contributed by atoms with Gasteiger partial charge >= 0.3 is 11.3 Å². The molecule has 0 amide bonds. The monoisotopic (exact) mass is 446 g/mol. The van der Waals surface area contributed by atoms with E-state index in [1.807, 2.05) is 0 Å². The van der Waals surface area contributed by atoms with Crippen LogP contribution in [0.1, 0.15) is 23.7 Å². The van der Waals surface area contributed by atoms with E-state index >= 15 is 0 Å². The molecule has 1 heterocycles. The van der Waals surface area contributed by atoms with Crippen LogP contribution in [0.2, 0.25) is 5.02 Å². The molecule has 1 aromatic heterocycles. The van der Waals surface area contributed by atoms with E-state index in [9.17, 15) is 18.0 Å². The molecule has 28 heavy (non-hydrogen) atoms. The lowest BCUT2D eigenvalue weighted by atomic mass is 10.1. The summed E-state index contributed by atoms with van der Waals surface area (Å²) in [7, 11) is -3.34. The Balaban J connectivity index is 2.16. The van der Waals surface area contributed by atoms with E-state index in [0.717, 1.165) is 18.0 Å². The van der Waals surface area contributed by atoms with E-state index in [1.165, 1.54) is 12.5 Å². The summed E-state index contributed by atoms with van der Waals surface area (Å²) in [6.07, 6.45) is 3.94. The second kappa shape index (κ2) is 9.94. The molecule has 0 bridgehead atoms. The zero-order valence-electron chi connectivity index (χ0n) is 14.9. The Morgan fingerprint density at radius 1 is 1.39 bits per heavy atom. The number of hydrogen-bond acceptors (Lipinski definition) is 7. The van der Waals surface area contributed by atoms with E-state index in [0.29, 0.717) is 16.3 Å². The molecule has 0 aliphatic rings. The fraction of sp³-hybridized carbons (Fsp3) is 0.353. The summed E-state index contributed by atoms with van der Waals surface area (Å²) in [5, 5.41) is 8.45. The van der Waals surface area contributed by atoms with Crippen molar-refractivity contribution in [2.75, 3.05) is 17.8 Å². The third kappa shape index (κ3) is 7.17. The van der Waals surface area contributed by atoms with Crippen molar-refractivity contribution in [3.63, 3.8) is 0 Å². The van der Waals surface area contributed by atoms with Crippen molar-refractivity contribution in [1.29, 1.82) is 0 Å². The van der Waals surface area contributed by atoms with E-state index in [4.69, 9.17) is 21.4 Å². The van der Waals surface area contributed by atoms with Crippen molar-refractivity contribution >= 4 is 44.5 Å². The minimum absolute atomic E-state index is 0.104. The maximum atomic E-state index is 11.9. The average molecular weight is 447 g/mol. The van der Waals surface area contributed by atoms with E-state index < -0.39 is 27.1 Å². The Kier molecular flexibility index (Phi) is 7.90. The summed E-state index contributed by atoms with van der Waals surface area (Å²) < 4.78 is 30.7. The van der Waals surface area contributed by atoms with Gasteiger partial charge in [0.25, 0.3) is 0 Å². The predicted octanol–water partition coefficient (Wildman–Crippen LogP) is 3.02. The Hall–Kier alpha value is -2.04. The molecule has 1 aromatic carbocycles. The first-order chi connectivity index (χ1) is 13.2. The van der Waals surface area contributed by atoms with Gasteiger partial charge in [0.1, 0.15) is 16.4 Å². The second-order valence-corrected chi connectivity index (χ2v) is 9.64. The third-order valence-electron chi connectivity index (χ3n) is 3.65. The molecule has 0 saturated heterocycles. The number of ether oxygens (including phenoxy) is 1. The molecule has 0 radical (unpaired) electrons. The molecule has 0 aliphatic carbocycles. The lowest BCUT2D eigenvalue weighted by molar-refractivity contribution is -0.136. The number of thioether (sulfide) groups is 1. The number of carboxylic acid groups (broad SMARTS) is 1. The molecule has 0 fully saturated rings. The van der Waals surface area contributed by atoms with E-state index in [-0.39, 0.29) is 24.5 Å². The number of carboxylic acids is 1. The lowest BCUT2D eigenvalue weighted by Crippen LogP contribution is -2.22. The first-order valence-electron chi connectivity index (χ1n) is 8.11. The highest BCUT2D eigenvalue weighted by atomic mass is 35.5. The summed E-state index contributed by atoms with van der Waals surface area (Å²) in [4.78, 5) is 26.3. The number of rotatable bonds is 9. The van der Waals surface area contributed by atoms with Crippen LogP contribution in [0.15, 0.2) is 36.8 Å². The molecule has 152 valence electrons. The van der Waals surface area contributed by atoms with Crippen LogP contribution in [-0.4, -0.2) is 52.1 Å². The SMILES string of the molecule is CS(=O)(=O)CC(c1cccc(Cl)c1)n1cncc1COC(=O)SCCC(=O)O. The zero-order chi connectivity index (χ0) is 20.7. The van der Waals surface area contributed by atoms with Crippen molar-refractivity contribution in [2.24, 2.45) is 0 Å². The van der Waals surface area contributed by atoms with Crippen LogP contribution in [0.4, 0.5) is 4.79 Å². The summed E-state index contributed by atoms with van der Waals surface area (Å²) in [5.74, 6) is -1.08. The van der Waals surface area contributed by atoms with Gasteiger partial charge in [-0.05, 0) is 29.5 Å². The summed E-state index contributed by atoms with van der Waals surface area (Å²) in [5.41, 5.74) is 1.18. The molecule has 8 nitrogen and oxygen atoms in total. The van der Waals surface area contributed by atoms with Gasteiger partial charge in [-0.1, -0.05) is 23.7 Å². The van der Waals surface area contributed by atoms with Gasteiger partial charge in [-0.25, -0.2) is 18.2 Å². The van der Waals surface area contributed by atoms with Crippen LogP contribution in [0, 0.1) is 0 Å². The average Bonchev–Trinajstić information content (AvgIpc) is 3.05. The standard InChI is InChI=1S/C17H19ClN2O6S2/c1-28(24,25)10-15(12-3-2-4-13(18)7-12)20-11-19-8-14(20)9-26-17(23)27-6-5-16(21)22/h2-4,7-8,11,15H,5-6,9-10H2,1H3,(H,21,22). The number of sulfone groups is 1. The van der Waals surface area contributed by atoms with Crippen LogP contribution in [-0.2, 0) is 26.0 Å². The van der Waals surface area contributed by atoms with Crippen LogP contribution in [0.3, 0.4) is 0 Å². The first-order valence-corrected chi connectivity index (χ1v) is 11.5. The normalized spacial score (nSPS) is 12.5. The van der Waals surface area contributed by atoms with Gasteiger partial charge in [0.2, 0.25) is 0 Å². The van der Waals surface area contributed by atoms with Gasteiger partial charge in [-0.2, -0.15) is 0 Å².